The molecule has 0 aliphatic rings. The number of carbonyl (C=O) groups excluding carboxylic acids is 1. The smallest absolute Gasteiger partial charge is 0.241 e. The second-order valence-electron chi connectivity index (χ2n) is 4.79. The Labute approximate surface area is 107 Å². The van der Waals surface area contributed by atoms with Gasteiger partial charge in [0.05, 0.1) is 6.04 Å². The third kappa shape index (κ3) is 2.51. The van der Waals surface area contributed by atoms with Crippen LogP contribution in [0.3, 0.4) is 0 Å². The molecule has 94 valence electrons. The molecule has 18 heavy (non-hydrogen) atoms. The quantitative estimate of drug-likeness (QED) is 0.869. The molecule has 2 aromatic carbocycles. The second kappa shape index (κ2) is 5.19. The molecule has 3 heteroatoms. The fourth-order valence-electron chi connectivity index (χ4n) is 1.85. The van der Waals surface area contributed by atoms with Crippen LogP contribution in [0.5, 0.6) is 0 Å². The summed E-state index contributed by atoms with van der Waals surface area (Å²) in [5.41, 5.74) is 6.65. The Bertz CT molecular complexity index is 558. The monoisotopic (exact) mass is 242 g/mol. The Morgan fingerprint density at radius 1 is 1.11 bits per heavy atom. The van der Waals surface area contributed by atoms with Crippen LogP contribution < -0.4 is 11.1 Å². The first-order chi connectivity index (χ1) is 8.59. The van der Waals surface area contributed by atoms with Crippen molar-refractivity contribution in [3.63, 3.8) is 0 Å². The molecule has 0 aromatic heterocycles. The lowest BCUT2D eigenvalue weighted by Gasteiger charge is -2.16. The third-order valence-corrected chi connectivity index (χ3v) is 3.07. The van der Waals surface area contributed by atoms with Crippen molar-refractivity contribution in [2.75, 3.05) is 5.32 Å². The molecule has 2 aromatic rings. The van der Waals surface area contributed by atoms with Gasteiger partial charge in [-0.25, -0.2) is 0 Å². The van der Waals surface area contributed by atoms with E-state index in [1.165, 1.54) is 0 Å². The van der Waals surface area contributed by atoms with Crippen molar-refractivity contribution in [3.05, 3.63) is 42.5 Å². The molecule has 2 rings (SSSR count). The van der Waals surface area contributed by atoms with E-state index in [2.05, 4.69) is 5.32 Å². The minimum atomic E-state index is -0.482. The molecule has 0 saturated heterocycles. The van der Waals surface area contributed by atoms with E-state index >= 15 is 0 Å². The van der Waals surface area contributed by atoms with Gasteiger partial charge >= 0.3 is 0 Å². The third-order valence-electron chi connectivity index (χ3n) is 3.07. The number of fused-ring (bicyclic) bond motifs is 1. The van der Waals surface area contributed by atoms with Crippen LogP contribution in [0.15, 0.2) is 42.5 Å². The maximum Gasteiger partial charge on any atom is 0.241 e. The van der Waals surface area contributed by atoms with Gasteiger partial charge in [0.1, 0.15) is 0 Å². The van der Waals surface area contributed by atoms with Gasteiger partial charge in [-0.2, -0.15) is 0 Å². The lowest BCUT2D eigenvalue weighted by atomic mass is 10.0. The van der Waals surface area contributed by atoms with Gasteiger partial charge in [0.2, 0.25) is 5.91 Å². The summed E-state index contributed by atoms with van der Waals surface area (Å²) < 4.78 is 0. The van der Waals surface area contributed by atoms with Crippen LogP contribution in [0.2, 0.25) is 0 Å². The molecule has 0 aliphatic carbocycles. The summed E-state index contributed by atoms with van der Waals surface area (Å²) in [5, 5.41) is 5.04. The van der Waals surface area contributed by atoms with Crippen molar-refractivity contribution in [1.29, 1.82) is 0 Å². The molecule has 1 atom stereocenters. The molecule has 1 amide bonds. The van der Waals surface area contributed by atoms with Crippen molar-refractivity contribution in [1.82, 2.24) is 0 Å². The Kier molecular flexibility index (Phi) is 3.63. The maximum atomic E-state index is 12.0. The molecule has 0 heterocycles. The van der Waals surface area contributed by atoms with E-state index in [1.807, 2.05) is 56.3 Å². The molecule has 3 nitrogen and oxygen atoms in total. The Morgan fingerprint density at radius 3 is 2.50 bits per heavy atom. The first kappa shape index (κ1) is 12.6. The number of hydrogen-bond acceptors (Lipinski definition) is 2. The van der Waals surface area contributed by atoms with Gasteiger partial charge < -0.3 is 11.1 Å². The Balaban J connectivity index is 2.30. The average molecular weight is 242 g/mol. The summed E-state index contributed by atoms with van der Waals surface area (Å²) in [6, 6.07) is 13.3. The first-order valence-corrected chi connectivity index (χ1v) is 6.14. The van der Waals surface area contributed by atoms with E-state index in [4.69, 9.17) is 5.73 Å². The van der Waals surface area contributed by atoms with Gasteiger partial charge in [0.25, 0.3) is 0 Å². The minimum absolute atomic E-state index is 0.125. The fourth-order valence-corrected chi connectivity index (χ4v) is 1.85. The van der Waals surface area contributed by atoms with Crippen LogP contribution in [0, 0.1) is 5.92 Å². The second-order valence-corrected chi connectivity index (χ2v) is 4.79. The highest BCUT2D eigenvalue weighted by molar-refractivity contribution is 6.03. The number of nitrogens with one attached hydrogen (secondary N) is 1. The lowest BCUT2D eigenvalue weighted by molar-refractivity contribution is -0.118. The Morgan fingerprint density at radius 2 is 1.78 bits per heavy atom. The molecule has 0 bridgehead atoms. The predicted octanol–water partition coefficient (Wildman–Crippen LogP) is 2.76. The van der Waals surface area contributed by atoms with E-state index < -0.39 is 6.04 Å². The zero-order valence-electron chi connectivity index (χ0n) is 10.7. The van der Waals surface area contributed by atoms with Crippen molar-refractivity contribution in [2.45, 2.75) is 19.9 Å². The van der Waals surface area contributed by atoms with E-state index in [9.17, 15) is 4.79 Å². The molecule has 0 fully saturated rings. The van der Waals surface area contributed by atoms with Crippen molar-refractivity contribution in [3.8, 4) is 0 Å². The molecule has 0 saturated carbocycles. The highest BCUT2D eigenvalue weighted by Gasteiger charge is 2.17. The van der Waals surface area contributed by atoms with Gasteiger partial charge in [0, 0.05) is 11.1 Å². The number of carbonyl (C=O) groups is 1. The molecule has 0 radical (unpaired) electrons. The van der Waals surface area contributed by atoms with Crippen molar-refractivity contribution >= 4 is 22.4 Å². The van der Waals surface area contributed by atoms with E-state index in [0.29, 0.717) is 0 Å². The number of rotatable bonds is 3. The van der Waals surface area contributed by atoms with Gasteiger partial charge in [-0.15, -0.1) is 0 Å². The maximum absolute atomic E-state index is 12.0. The first-order valence-electron chi connectivity index (χ1n) is 6.14. The fraction of sp³-hybridized carbons (Fsp3) is 0.267. The molecule has 0 spiro atoms. The average Bonchev–Trinajstić information content (AvgIpc) is 2.38. The largest absolute Gasteiger partial charge is 0.324 e. The Hall–Kier alpha value is -1.87. The number of nitrogens with two attached hydrogens (primary N) is 1. The summed E-state index contributed by atoms with van der Waals surface area (Å²) in [6.45, 7) is 3.88. The van der Waals surface area contributed by atoms with Crippen LogP contribution >= 0.6 is 0 Å². The molecular weight excluding hydrogens is 224 g/mol. The summed E-state index contributed by atoms with van der Waals surface area (Å²) in [6.07, 6.45) is 0. The summed E-state index contributed by atoms with van der Waals surface area (Å²) in [4.78, 5) is 12.0. The molecule has 0 unspecified atom stereocenters. The van der Waals surface area contributed by atoms with Crippen LogP contribution in [0.25, 0.3) is 10.8 Å². The highest BCUT2D eigenvalue weighted by atomic mass is 16.2. The number of amides is 1. The molecular formula is C15H18N2O. The van der Waals surface area contributed by atoms with Crippen LogP contribution in [-0.4, -0.2) is 11.9 Å². The summed E-state index contributed by atoms with van der Waals surface area (Å²) >= 11 is 0. The normalized spacial score (nSPS) is 12.7. The minimum Gasteiger partial charge on any atom is -0.324 e. The summed E-state index contributed by atoms with van der Waals surface area (Å²) in [5.74, 6) is -0.0127. The predicted molar refractivity (Wildman–Crippen MR) is 75.4 cm³/mol. The molecule has 3 N–H and O–H groups in total. The number of hydrogen-bond donors (Lipinski definition) is 2. The molecule has 0 aliphatic heterocycles. The number of benzene rings is 2. The lowest BCUT2D eigenvalue weighted by Crippen LogP contribution is -2.39. The zero-order valence-corrected chi connectivity index (χ0v) is 10.7. The van der Waals surface area contributed by atoms with Crippen LogP contribution in [-0.2, 0) is 4.79 Å². The van der Waals surface area contributed by atoms with Gasteiger partial charge in [0.15, 0.2) is 0 Å². The van der Waals surface area contributed by atoms with Gasteiger partial charge in [-0.1, -0.05) is 50.2 Å². The zero-order chi connectivity index (χ0) is 13.1. The highest BCUT2D eigenvalue weighted by Crippen LogP contribution is 2.23. The van der Waals surface area contributed by atoms with Crippen molar-refractivity contribution < 1.29 is 4.79 Å². The van der Waals surface area contributed by atoms with Gasteiger partial charge in [-0.3, -0.25) is 4.79 Å². The van der Waals surface area contributed by atoms with E-state index in [1.54, 1.807) is 0 Å². The van der Waals surface area contributed by atoms with E-state index in [0.717, 1.165) is 16.5 Å². The van der Waals surface area contributed by atoms with Crippen LogP contribution in [0.4, 0.5) is 5.69 Å². The van der Waals surface area contributed by atoms with Crippen LogP contribution in [0.1, 0.15) is 13.8 Å². The summed E-state index contributed by atoms with van der Waals surface area (Å²) in [7, 11) is 0. The van der Waals surface area contributed by atoms with Gasteiger partial charge in [-0.05, 0) is 17.4 Å². The van der Waals surface area contributed by atoms with E-state index in [-0.39, 0.29) is 11.8 Å². The SMILES string of the molecule is CC(C)[C@@H](N)C(=O)Nc1cccc2ccccc12. The standard InChI is InChI=1S/C15H18N2O/c1-10(2)14(16)15(18)17-13-9-5-7-11-6-3-4-8-12(11)13/h3-10,14H,16H2,1-2H3,(H,17,18)/t14-/m1/s1. The van der Waals surface area contributed by atoms with Crippen molar-refractivity contribution in [2.24, 2.45) is 11.7 Å². The topological polar surface area (TPSA) is 55.1 Å². The number of anilines is 1.